The van der Waals surface area contributed by atoms with Gasteiger partial charge in [0.1, 0.15) is 23.8 Å². The Balaban J connectivity index is 1.50. The Hall–Kier alpha value is -2.97. The van der Waals surface area contributed by atoms with Crippen molar-refractivity contribution in [2.24, 2.45) is 0 Å². The normalized spacial score (nSPS) is 18.9. The molecule has 6 nitrogen and oxygen atoms in total. The Bertz CT molecular complexity index is 1380. The zero-order valence-corrected chi connectivity index (χ0v) is 19.7. The van der Waals surface area contributed by atoms with Gasteiger partial charge in [0.25, 0.3) is 0 Å². The lowest BCUT2D eigenvalue weighted by Gasteiger charge is -2.23. The number of thiazole rings is 1. The Morgan fingerprint density at radius 1 is 1.11 bits per heavy atom. The van der Waals surface area contributed by atoms with Crippen molar-refractivity contribution in [1.82, 2.24) is 14.6 Å². The number of carbonyl (C=O) groups is 1. The molecule has 14 heteroatoms. The van der Waals surface area contributed by atoms with E-state index in [1.54, 1.807) is 0 Å². The highest BCUT2D eigenvalue weighted by molar-refractivity contribution is 7.89. The van der Waals surface area contributed by atoms with Gasteiger partial charge in [-0.2, -0.15) is 17.5 Å². The number of sulfonamides is 1. The van der Waals surface area contributed by atoms with Gasteiger partial charge in [0.2, 0.25) is 15.9 Å². The summed E-state index contributed by atoms with van der Waals surface area (Å²) in [5.74, 6) is -2.31. The number of halogens is 6. The maximum absolute atomic E-state index is 14.2. The van der Waals surface area contributed by atoms with Crippen LogP contribution in [0.25, 0.3) is 11.3 Å². The fourth-order valence-corrected chi connectivity index (χ4v) is 6.07. The van der Waals surface area contributed by atoms with E-state index in [2.05, 4.69) is 10.3 Å². The van der Waals surface area contributed by atoms with Gasteiger partial charge in [-0.05, 0) is 48.0 Å². The lowest BCUT2D eigenvalue weighted by molar-refractivity contribution is -0.137. The zero-order valence-electron chi connectivity index (χ0n) is 18.1. The number of hydrogen-bond acceptors (Lipinski definition) is 5. The molecular weight excluding hydrogens is 532 g/mol. The predicted octanol–water partition coefficient (Wildman–Crippen LogP) is 4.52. The van der Waals surface area contributed by atoms with Gasteiger partial charge < -0.3 is 5.32 Å². The summed E-state index contributed by atoms with van der Waals surface area (Å²) in [5, 5.41) is 2.45. The van der Waals surface area contributed by atoms with Crippen LogP contribution in [0.5, 0.6) is 0 Å². The van der Waals surface area contributed by atoms with Gasteiger partial charge in [0.05, 0.1) is 10.6 Å². The minimum atomic E-state index is -4.65. The minimum absolute atomic E-state index is 0.0520. The first kappa shape index (κ1) is 26.1. The molecule has 1 fully saturated rings. The fourth-order valence-electron chi connectivity index (χ4n) is 3.75. The van der Waals surface area contributed by atoms with E-state index >= 15 is 0 Å². The number of rotatable bonds is 6. The number of aromatic nitrogens is 1. The number of hydrogen-bond donors (Lipinski definition) is 1. The lowest BCUT2D eigenvalue weighted by Crippen LogP contribution is -2.45. The molecule has 1 amide bonds. The van der Waals surface area contributed by atoms with Gasteiger partial charge in [-0.15, -0.1) is 11.3 Å². The molecule has 2 atom stereocenters. The average Bonchev–Trinajstić information content (AvgIpc) is 3.45. The second-order valence-electron chi connectivity index (χ2n) is 7.98. The summed E-state index contributed by atoms with van der Waals surface area (Å²) < 4.78 is 107. The molecule has 0 saturated carbocycles. The molecule has 1 aliphatic rings. The van der Waals surface area contributed by atoms with Gasteiger partial charge in [0.15, 0.2) is 5.01 Å². The molecule has 2 heterocycles. The number of carbonyl (C=O) groups excluding carboxylic acids is 1. The number of alkyl halides is 4. The smallest absolute Gasteiger partial charge is 0.351 e. The number of benzene rings is 2. The third-order valence-corrected chi connectivity index (χ3v) is 8.17. The van der Waals surface area contributed by atoms with Gasteiger partial charge in [0, 0.05) is 30.5 Å². The number of nitrogens with one attached hydrogen (secondary N) is 1. The summed E-state index contributed by atoms with van der Waals surface area (Å²) in [4.78, 5) is 15.9. The van der Waals surface area contributed by atoms with Crippen molar-refractivity contribution in [3.63, 3.8) is 0 Å². The monoisotopic (exact) mass is 549 g/mol. The molecule has 0 radical (unpaired) electrons. The molecule has 4 rings (SSSR count). The maximum atomic E-state index is 14.2. The highest BCUT2D eigenvalue weighted by Crippen LogP contribution is 2.34. The second-order valence-corrected chi connectivity index (χ2v) is 10.7. The first-order chi connectivity index (χ1) is 16.8. The van der Waals surface area contributed by atoms with E-state index in [1.807, 2.05) is 0 Å². The Morgan fingerprint density at radius 2 is 1.81 bits per heavy atom. The van der Waals surface area contributed by atoms with Crippen molar-refractivity contribution in [1.29, 1.82) is 0 Å². The summed E-state index contributed by atoms with van der Waals surface area (Å²) in [6.45, 7) is -0.884. The first-order valence-electron chi connectivity index (χ1n) is 10.4. The van der Waals surface area contributed by atoms with E-state index in [1.165, 1.54) is 6.07 Å². The summed E-state index contributed by atoms with van der Waals surface area (Å²) in [5.41, 5.74) is 0.117. The summed E-state index contributed by atoms with van der Waals surface area (Å²) in [6, 6.07) is 5.81. The van der Waals surface area contributed by atoms with E-state index in [0.29, 0.717) is 15.6 Å². The van der Waals surface area contributed by atoms with E-state index in [4.69, 9.17) is 0 Å². The van der Waals surface area contributed by atoms with Gasteiger partial charge in [-0.25, -0.2) is 26.6 Å². The molecule has 0 aliphatic carbocycles. The standard InChI is InChI=1S/C22H17F6N3O3S2/c23-14-1-3-17(4-2-14)36(33,34)31-10-16(25)8-19(31)20(32)29-9-12-5-13(7-15(24)6-12)18-11-35-21(30-18)22(26,27)28/h1-7,11,16,19H,8-10H2,(H,29,32)/t16-,19+/m1/s1. The summed E-state index contributed by atoms with van der Waals surface area (Å²) in [6.07, 6.45) is -6.69. The van der Waals surface area contributed by atoms with E-state index in [9.17, 15) is 39.6 Å². The van der Waals surface area contributed by atoms with Crippen LogP contribution in [0.1, 0.15) is 17.0 Å². The summed E-state index contributed by atoms with van der Waals surface area (Å²) in [7, 11) is -4.32. The van der Waals surface area contributed by atoms with Crippen LogP contribution < -0.4 is 5.32 Å². The molecule has 1 aromatic heterocycles. The average molecular weight is 550 g/mol. The van der Waals surface area contributed by atoms with Gasteiger partial charge in [-0.3, -0.25) is 4.79 Å². The SMILES string of the molecule is O=C(NCc1cc(F)cc(-c2csc(C(F)(F)F)n2)c1)[C@@H]1C[C@@H](F)CN1S(=O)(=O)c1ccc(F)cc1. The zero-order chi connectivity index (χ0) is 26.3. The number of amides is 1. The van der Waals surface area contributed by atoms with Crippen LogP contribution in [0, 0.1) is 11.6 Å². The minimum Gasteiger partial charge on any atom is -0.351 e. The Morgan fingerprint density at radius 3 is 2.44 bits per heavy atom. The molecule has 3 aromatic rings. The van der Waals surface area contributed by atoms with Crippen LogP contribution in [-0.4, -0.2) is 42.4 Å². The first-order valence-corrected chi connectivity index (χ1v) is 12.7. The molecule has 1 N–H and O–H groups in total. The third-order valence-electron chi connectivity index (χ3n) is 5.39. The summed E-state index contributed by atoms with van der Waals surface area (Å²) >= 11 is 0.353. The molecule has 1 aliphatic heterocycles. The fraction of sp³-hybridized carbons (Fsp3) is 0.273. The lowest BCUT2D eigenvalue weighted by atomic mass is 10.1. The van der Waals surface area contributed by atoms with E-state index in [0.717, 1.165) is 41.8 Å². The Labute approximate surface area is 205 Å². The Kier molecular flexibility index (Phi) is 7.12. The maximum Gasteiger partial charge on any atom is 0.443 e. The van der Waals surface area contributed by atoms with Crippen LogP contribution >= 0.6 is 11.3 Å². The van der Waals surface area contributed by atoms with Crippen molar-refractivity contribution in [3.8, 4) is 11.3 Å². The third kappa shape index (κ3) is 5.55. The highest BCUT2D eigenvalue weighted by Gasteiger charge is 2.44. The second kappa shape index (κ2) is 9.82. The van der Waals surface area contributed by atoms with Crippen molar-refractivity contribution < 1.29 is 39.6 Å². The molecule has 0 bridgehead atoms. The van der Waals surface area contributed by atoms with Crippen LogP contribution in [0.2, 0.25) is 0 Å². The molecule has 36 heavy (non-hydrogen) atoms. The van der Waals surface area contributed by atoms with Gasteiger partial charge in [-0.1, -0.05) is 0 Å². The molecule has 2 aromatic carbocycles. The van der Waals surface area contributed by atoms with Crippen LogP contribution in [0.3, 0.4) is 0 Å². The largest absolute Gasteiger partial charge is 0.443 e. The van der Waals surface area contributed by atoms with Crippen LogP contribution in [0.15, 0.2) is 52.7 Å². The van der Waals surface area contributed by atoms with Crippen molar-refractivity contribution in [2.75, 3.05) is 6.54 Å². The topological polar surface area (TPSA) is 79.4 Å². The molecular formula is C22H17F6N3O3S2. The predicted molar refractivity (Wildman–Crippen MR) is 118 cm³/mol. The highest BCUT2D eigenvalue weighted by atomic mass is 32.2. The molecule has 192 valence electrons. The van der Waals surface area contributed by atoms with Crippen molar-refractivity contribution >= 4 is 27.3 Å². The van der Waals surface area contributed by atoms with E-state index in [-0.39, 0.29) is 28.3 Å². The van der Waals surface area contributed by atoms with Gasteiger partial charge >= 0.3 is 6.18 Å². The van der Waals surface area contributed by atoms with E-state index < -0.39 is 63.9 Å². The van der Waals surface area contributed by atoms with Crippen LogP contribution in [-0.2, 0) is 27.5 Å². The van der Waals surface area contributed by atoms with Crippen molar-refractivity contribution in [2.45, 2.75) is 36.3 Å². The van der Waals surface area contributed by atoms with Crippen LogP contribution in [0.4, 0.5) is 26.3 Å². The molecule has 1 saturated heterocycles. The molecule has 0 spiro atoms. The quantitative estimate of drug-likeness (QED) is 0.459. The number of nitrogens with zero attached hydrogens (tertiary/aromatic N) is 2. The van der Waals surface area contributed by atoms with Crippen molar-refractivity contribution in [3.05, 3.63) is 70.1 Å². The molecule has 0 unspecified atom stereocenters.